The van der Waals surface area contributed by atoms with E-state index < -0.39 is 0 Å². The first-order valence-electron chi connectivity index (χ1n) is 3.10. The Hall–Kier alpha value is -0.480. The Labute approximate surface area is 65.8 Å². The third-order valence-corrected chi connectivity index (χ3v) is 1.27. The maximum Gasteiger partial charge on any atom is 0.0919 e. The summed E-state index contributed by atoms with van der Waals surface area (Å²) < 4.78 is 3.03. The van der Waals surface area contributed by atoms with E-state index in [1.54, 1.807) is 30.7 Å². The molecule has 4 heteroatoms. The van der Waals surface area contributed by atoms with Gasteiger partial charge in [-0.1, -0.05) is 18.9 Å². The fourth-order valence-corrected chi connectivity index (χ4v) is 0.648. The van der Waals surface area contributed by atoms with Crippen LogP contribution in [-0.4, -0.2) is 22.8 Å². The zero-order valence-corrected chi connectivity index (χ0v) is 7.11. The van der Waals surface area contributed by atoms with E-state index in [0.717, 1.165) is 6.54 Å². The average molecular weight is 159 g/mol. The summed E-state index contributed by atoms with van der Waals surface area (Å²) in [6.45, 7) is 3.14. The van der Waals surface area contributed by atoms with E-state index in [9.17, 15) is 0 Å². The minimum Gasteiger partial charge on any atom is -0.351 e. The molecular formula is C6H13N3S. The Morgan fingerprint density at radius 3 is 2.60 bits per heavy atom. The number of hydrogen-bond acceptors (Lipinski definition) is 3. The molecule has 0 aliphatic carbocycles. The van der Waals surface area contributed by atoms with Gasteiger partial charge in [0.15, 0.2) is 0 Å². The lowest BCUT2D eigenvalue weighted by molar-refractivity contribution is 1.04. The van der Waals surface area contributed by atoms with Crippen LogP contribution < -0.4 is 4.72 Å². The summed E-state index contributed by atoms with van der Waals surface area (Å²) in [4.78, 5) is 6.42. The number of imidazole rings is 1. The summed E-state index contributed by atoms with van der Waals surface area (Å²) >= 11 is 1.65. The SMILES string of the molecule is CCNSC.c1c[nH]cn1. The molecule has 1 aromatic rings. The smallest absolute Gasteiger partial charge is 0.0919 e. The summed E-state index contributed by atoms with van der Waals surface area (Å²) in [6.07, 6.45) is 7.10. The first-order valence-corrected chi connectivity index (χ1v) is 4.32. The monoisotopic (exact) mass is 159 g/mol. The molecule has 3 nitrogen and oxygen atoms in total. The van der Waals surface area contributed by atoms with Crippen molar-refractivity contribution >= 4 is 11.9 Å². The molecule has 0 saturated heterocycles. The molecule has 0 aromatic carbocycles. The van der Waals surface area contributed by atoms with Gasteiger partial charge in [-0.15, -0.1) is 0 Å². The highest BCUT2D eigenvalue weighted by molar-refractivity contribution is 7.96. The highest BCUT2D eigenvalue weighted by Crippen LogP contribution is 1.75. The van der Waals surface area contributed by atoms with Gasteiger partial charge in [-0.3, -0.25) is 4.72 Å². The van der Waals surface area contributed by atoms with Gasteiger partial charge in [-0.2, -0.15) is 0 Å². The summed E-state index contributed by atoms with van der Waals surface area (Å²) in [5.41, 5.74) is 0. The van der Waals surface area contributed by atoms with E-state index in [1.807, 2.05) is 6.26 Å². The fourth-order valence-electron chi connectivity index (χ4n) is 0.360. The van der Waals surface area contributed by atoms with Crippen LogP contribution in [0.15, 0.2) is 18.7 Å². The van der Waals surface area contributed by atoms with E-state index in [2.05, 4.69) is 21.6 Å². The van der Waals surface area contributed by atoms with Crippen LogP contribution in [0.3, 0.4) is 0 Å². The normalized spacial score (nSPS) is 8.20. The fraction of sp³-hybridized carbons (Fsp3) is 0.500. The van der Waals surface area contributed by atoms with Crippen molar-refractivity contribution in [2.24, 2.45) is 0 Å². The summed E-state index contributed by atoms with van der Waals surface area (Å²) in [6, 6.07) is 0. The van der Waals surface area contributed by atoms with E-state index in [-0.39, 0.29) is 0 Å². The molecule has 0 amide bonds. The maximum absolute atomic E-state index is 3.67. The Morgan fingerprint density at radius 2 is 2.50 bits per heavy atom. The standard InChI is InChI=1S/C3H4N2.C3H9NS/c1-2-5-3-4-1;1-3-4-5-2/h1-3H,(H,4,5);4H,3H2,1-2H3. The molecule has 0 radical (unpaired) electrons. The topological polar surface area (TPSA) is 40.7 Å². The molecule has 0 unspecified atom stereocenters. The molecule has 2 N–H and O–H groups in total. The first kappa shape index (κ1) is 9.52. The van der Waals surface area contributed by atoms with Crippen molar-refractivity contribution in [2.75, 3.05) is 12.8 Å². The lowest BCUT2D eigenvalue weighted by Gasteiger charge is -1.85. The highest BCUT2D eigenvalue weighted by atomic mass is 32.2. The van der Waals surface area contributed by atoms with Crippen LogP contribution in [0.1, 0.15) is 6.92 Å². The Morgan fingerprint density at radius 1 is 1.70 bits per heavy atom. The predicted molar refractivity (Wildman–Crippen MR) is 45.8 cm³/mol. The third-order valence-electron chi connectivity index (χ3n) is 0.695. The molecule has 0 saturated carbocycles. The summed E-state index contributed by atoms with van der Waals surface area (Å²) in [5.74, 6) is 0. The zero-order chi connectivity index (χ0) is 7.66. The van der Waals surface area contributed by atoms with Gasteiger partial charge in [0.1, 0.15) is 0 Å². The van der Waals surface area contributed by atoms with Gasteiger partial charge >= 0.3 is 0 Å². The van der Waals surface area contributed by atoms with Crippen LogP contribution in [0.25, 0.3) is 0 Å². The van der Waals surface area contributed by atoms with Crippen molar-refractivity contribution in [1.29, 1.82) is 0 Å². The number of aromatic nitrogens is 2. The Kier molecular flexibility index (Phi) is 8.11. The van der Waals surface area contributed by atoms with Gasteiger partial charge in [0.2, 0.25) is 0 Å². The van der Waals surface area contributed by atoms with Crippen molar-refractivity contribution < 1.29 is 0 Å². The molecule has 58 valence electrons. The van der Waals surface area contributed by atoms with E-state index >= 15 is 0 Å². The molecular weight excluding hydrogens is 146 g/mol. The molecule has 0 spiro atoms. The second-order valence-corrected chi connectivity index (χ2v) is 2.16. The van der Waals surface area contributed by atoms with Gasteiger partial charge in [0.25, 0.3) is 0 Å². The second kappa shape index (κ2) is 8.52. The predicted octanol–water partition coefficient (Wildman–Crippen LogP) is 1.28. The number of nitrogens with zero attached hydrogens (tertiary/aromatic N) is 1. The number of nitrogens with one attached hydrogen (secondary N) is 2. The van der Waals surface area contributed by atoms with Crippen molar-refractivity contribution in [3.63, 3.8) is 0 Å². The number of rotatable bonds is 2. The van der Waals surface area contributed by atoms with Crippen LogP contribution in [0.2, 0.25) is 0 Å². The quantitative estimate of drug-likeness (QED) is 0.639. The van der Waals surface area contributed by atoms with E-state index in [1.165, 1.54) is 0 Å². The van der Waals surface area contributed by atoms with Crippen molar-refractivity contribution in [2.45, 2.75) is 6.92 Å². The lowest BCUT2D eigenvalue weighted by atomic mass is 10.8. The van der Waals surface area contributed by atoms with Crippen molar-refractivity contribution in [3.8, 4) is 0 Å². The lowest BCUT2D eigenvalue weighted by Crippen LogP contribution is -1.97. The van der Waals surface area contributed by atoms with Crippen LogP contribution in [0.5, 0.6) is 0 Å². The third kappa shape index (κ3) is 7.52. The van der Waals surface area contributed by atoms with E-state index in [0.29, 0.717) is 0 Å². The largest absolute Gasteiger partial charge is 0.351 e. The highest BCUT2D eigenvalue weighted by Gasteiger charge is 1.63. The van der Waals surface area contributed by atoms with Crippen LogP contribution in [-0.2, 0) is 0 Å². The molecule has 0 aliphatic rings. The molecule has 0 bridgehead atoms. The number of hydrogen-bond donors (Lipinski definition) is 2. The van der Waals surface area contributed by atoms with Gasteiger partial charge in [0.05, 0.1) is 6.33 Å². The maximum atomic E-state index is 3.67. The Balaban J connectivity index is 0.000000162. The molecule has 1 heterocycles. The molecule has 0 fully saturated rings. The number of H-pyrrole nitrogens is 1. The minimum absolute atomic E-state index is 1.06. The van der Waals surface area contributed by atoms with Crippen molar-refractivity contribution in [1.82, 2.24) is 14.7 Å². The van der Waals surface area contributed by atoms with E-state index in [4.69, 9.17) is 0 Å². The Bertz CT molecular complexity index is 99.3. The molecule has 0 atom stereocenters. The molecule has 10 heavy (non-hydrogen) atoms. The summed E-state index contributed by atoms with van der Waals surface area (Å²) in [7, 11) is 0. The van der Waals surface area contributed by atoms with Crippen LogP contribution in [0.4, 0.5) is 0 Å². The molecule has 0 aliphatic heterocycles. The van der Waals surface area contributed by atoms with Crippen LogP contribution in [0, 0.1) is 0 Å². The molecule has 1 aromatic heterocycles. The van der Waals surface area contributed by atoms with Crippen LogP contribution >= 0.6 is 11.9 Å². The second-order valence-electron chi connectivity index (χ2n) is 1.46. The summed E-state index contributed by atoms with van der Waals surface area (Å²) in [5, 5.41) is 0. The zero-order valence-electron chi connectivity index (χ0n) is 6.29. The number of aromatic amines is 1. The van der Waals surface area contributed by atoms with Gasteiger partial charge < -0.3 is 4.98 Å². The first-order chi connectivity index (χ1) is 4.91. The molecule has 1 rings (SSSR count). The van der Waals surface area contributed by atoms with Gasteiger partial charge in [0, 0.05) is 18.9 Å². The van der Waals surface area contributed by atoms with Gasteiger partial charge in [-0.05, 0) is 6.26 Å². The van der Waals surface area contributed by atoms with Gasteiger partial charge in [-0.25, -0.2) is 4.98 Å². The minimum atomic E-state index is 1.06. The average Bonchev–Trinajstić information content (AvgIpc) is 2.44. The van der Waals surface area contributed by atoms with Crippen molar-refractivity contribution in [3.05, 3.63) is 18.7 Å².